The molecule has 0 saturated carbocycles. The van der Waals surface area contributed by atoms with Gasteiger partial charge < -0.3 is 10.2 Å². The Kier molecular flexibility index (Phi) is 7.31. The number of hydrogen-bond donors (Lipinski definition) is 1. The van der Waals surface area contributed by atoms with Gasteiger partial charge in [-0.3, -0.25) is 9.69 Å². The summed E-state index contributed by atoms with van der Waals surface area (Å²) in [6.45, 7) is 2.60. The third-order valence-electron chi connectivity index (χ3n) is 5.14. The molecule has 0 radical (unpaired) electrons. The first kappa shape index (κ1) is 21.1. The molecule has 1 N–H and O–H groups in total. The summed E-state index contributed by atoms with van der Waals surface area (Å²) >= 11 is 1.10. The number of amides is 1. The molecule has 154 valence electrons. The molecule has 0 bridgehead atoms. The van der Waals surface area contributed by atoms with Crippen LogP contribution in [0.5, 0.6) is 0 Å². The molecule has 2 aromatic rings. The van der Waals surface area contributed by atoms with Gasteiger partial charge in [-0.25, -0.2) is 13.8 Å². The predicted molar refractivity (Wildman–Crippen MR) is 110 cm³/mol. The Bertz CT molecular complexity index is 811. The van der Waals surface area contributed by atoms with Crippen LogP contribution in [-0.2, 0) is 4.79 Å². The molecule has 0 spiro atoms. The zero-order valence-corrected chi connectivity index (χ0v) is 17.3. The van der Waals surface area contributed by atoms with Gasteiger partial charge in [0, 0.05) is 19.2 Å². The predicted octanol–water partition coefficient (Wildman–Crippen LogP) is 4.10. The molecule has 2 heterocycles. The number of thiazole rings is 1. The van der Waals surface area contributed by atoms with Crippen LogP contribution in [0.15, 0.2) is 12.1 Å². The Hall–Kier alpha value is -1.64. The Balaban J connectivity index is 1.77. The van der Waals surface area contributed by atoms with E-state index in [1.807, 2.05) is 14.1 Å². The summed E-state index contributed by atoms with van der Waals surface area (Å²) in [5, 5.41) is 3.17. The van der Waals surface area contributed by atoms with Crippen molar-refractivity contribution in [2.45, 2.75) is 44.6 Å². The van der Waals surface area contributed by atoms with Crippen LogP contribution in [0.25, 0.3) is 10.2 Å². The number of carbonyl (C=O) groups excluding carboxylic acids is 1. The molecule has 3 rings (SSSR count). The second-order valence-electron chi connectivity index (χ2n) is 7.65. The van der Waals surface area contributed by atoms with E-state index in [1.54, 1.807) is 0 Å². The number of hydrogen-bond acceptors (Lipinski definition) is 5. The van der Waals surface area contributed by atoms with E-state index in [-0.39, 0.29) is 17.5 Å². The van der Waals surface area contributed by atoms with E-state index in [0.717, 1.165) is 62.7 Å². The molecule has 8 heteroatoms. The fraction of sp³-hybridized carbons (Fsp3) is 0.600. The number of fused-ring (bicyclic) bond motifs is 1. The molecule has 28 heavy (non-hydrogen) atoms. The molecule has 0 aliphatic carbocycles. The SMILES string of the molecule is CN(C)CCN1CCCCCCCC1C(=O)Nc1nc2c(F)cc(F)cc2s1. The van der Waals surface area contributed by atoms with E-state index in [2.05, 4.69) is 20.1 Å². The molecule has 5 nitrogen and oxygen atoms in total. The van der Waals surface area contributed by atoms with Gasteiger partial charge in [0.05, 0.1) is 10.7 Å². The lowest BCUT2D eigenvalue weighted by atomic mass is 10.1. The van der Waals surface area contributed by atoms with Crippen molar-refractivity contribution in [3.8, 4) is 0 Å². The summed E-state index contributed by atoms with van der Waals surface area (Å²) in [6.07, 6.45) is 6.43. The number of nitrogens with zero attached hydrogens (tertiary/aromatic N) is 3. The highest BCUT2D eigenvalue weighted by molar-refractivity contribution is 7.22. The van der Waals surface area contributed by atoms with Crippen LogP contribution in [0, 0.1) is 11.6 Å². The highest BCUT2D eigenvalue weighted by Crippen LogP contribution is 2.29. The van der Waals surface area contributed by atoms with Gasteiger partial charge >= 0.3 is 0 Å². The van der Waals surface area contributed by atoms with Crippen molar-refractivity contribution in [2.24, 2.45) is 0 Å². The second-order valence-corrected chi connectivity index (χ2v) is 8.68. The topological polar surface area (TPSA) is 48.5 Å². The number of likely N-dealkylation sites (N-methyl/N-ethyl adjacent to an activating group) is 1. The van der Waals surface area contributed by atoms with Gasteiger partial charge in [-0.2, -0.15) is 0 Å². The summed E-state index contributed by atoms with van der Waals surface area (Å²) < 4.78 is 27.7. The average Bonchev–Trinajstić information content (AvgIpc) is 3.06. The highest BCUT2D eigenvalue weighted by Gasteiger charge is 2.27. The van der Waals surface area contributed by atoms with Gasteiger partial charge in [-0.15, -0.1) is 0 Å². The van der Waals surface area contributed by atoms with E-state index in [1.165, 1.54) is 18.9 Å². The third kappa shape index (κ3) is 5.46. The number of carbonyl (C=O) groups is 1. The van der Waals surface area contributed by atoms with Gasteiger partial charge in [0.15, 0.2) is 10.9 Å². The summed E-state index contributed by atoms with van der Waals surface area (Å²) in [5.74, 6) is -1.46. The highest BCUT2D eigenvalue weighted by atomic mass is 32.1. The number of rotatable bonds is 5. The van der Waals surface area contributed by atoms with E-state index in [9.17, 15) is 13.6 Å². The summed E-state index contributed by atoms with van der Waals surface area (Å²) in [6, 6.07) is 1.83. The van der Waals surface area contributed by atoms with Gasteiger partial charge in [0.25, 0.3) is 0 Å². The van der Waals surface area contributed by atoms with Gasteiger partial charge in [-0.05, 0) is 39.5 Å². The van der Waals surface area contributed by atoms with Crippen LogP contribution in [0.1, 0.15) is 38.5 Å². The van der Waals surface area contributed by atoms with Gasteiger partial charge in [0.1, 0.15) is 11.3 Å². The minimum atomic E-state index is -0.707. The molecule has 1 atom stereocenters. The molecular formula is C20H28F2N4OS. The maximum Gasteiger partial charge on any atom is 0.243 e. The third-order valence-corrected chi connectivity index (χ3v) is 6.06. The Morgan fingerprint density at radius 1 is 1.25 bits per heavy atom. The minimum absolute atomic E-state index is 0.0978. The zero-order chi connectivity index (χ0) is 20.1. The van der Waals surface area contributed by atoms with E-state index < -0.39 is 11.6 Å². The summed E-state index contributed by atoms with van der Waals surface area (Å²) in [7, 11) is 4.06. The number of nitrogens with one attached hydrogen (secondary N) is 1. The van der Waals surface area contributed by atoms with Crippen molar-refractivity contribution in [1.29, 1.82) is 0 Å². The lowest BCUT2D eigenvalue weighted by molar-refractivity contribution is -0.121. The Morgan fingerprint density at radius 3 is 2.79 bits per heavy atom. The van der Waals surface area contributed by atoms with E-state index in [4.69, 9.17) is 0 Å². The van der Waals surface area contributed by atoms with Crippen LogP contribution in [0.3, 0.4) is 0 Å². The quantitative estimate of drug-likeness (QED) is 0.806. The lowest BCUT2D eigenvalue weighted by Crippen LogP contribution is -2.46. The Labute approximate surface area is 168 Å². The van der Waals surface area contributed by atoms with Gasteiger partial charge in [0.2, 0.25) is 5.91 Å². The fourth-order valence-electron chi connectivity index (χ4n) is 3.61. The standard InChI is InChI=1S/C20H28F2N4OS/c1-25(2)10-11-26-9-7-5-3-4-6-8-16(26)19(27)24-20-23-18-15(22)12-14(21)13-17(18)28-20/h12-13,16H,3-11H2,1-2H3,(H,23,24,27). The number of anilines is 1. The average molecular weight is 411 g/mol. The van der Waals surface area contributed by atoms with Crippen LogP contribution in [-0.4, -0.2) is 60.5 Å². The summed E-state index contributed by atoms with van der Waals surface area (Å²) in [4.78, 5) is 21.6. The first-order chi connectivity index (χ1) is 13.4. The van der Waals surface area contributed by atoms with Crippen molar-refractivity contribution in [3.63, 3.8) is 0 Å². The van der Waals surface area contributed by atoms with Crippen LogP contribution in [0.4, 0.5) is 13.9 Å². The van der Waals surface area contributed by atoms with Crippen LogP contribution >= 0.6 is 11.3 Å². The molecule has 1 fully saturated rings. The summed E-state index contributed by atoms with van der Waals surface area (Å²) in [5.41, 5.74) is 0.0978. The maximum atomic E-state index is 13.9. The maximum absolute atomic E-state index is 13.9. The van der Waals surface area contributed by atoms with Crippen molar-refractivity contribution < 1.29 is 13.6 Å². The van der Waals surface area contributed by atoms with Crippen molar-refractivity contribution in [2.75, 3.05) is 39.0 Å². The number of aromatic nitrogens is 1. The first-order valence-corrected chi connectivity index (χ1v) is 10.7. The second kappa shape index (κ2) is 9.71. The van der Waals surface area contributed by atoms with Crippen molar-refractivity contribution >= 4 is 32.6 Å². The first-order valence-electron chi connectivity index (χ1n) is 9.89. The molecular weight excluding hydrogens is 382 g/mol. The number of benzene rings is 1. The minimum Gasteiger partial charge on any atom is -0.308 e. The smallest absolute Gasteiger partial charge is 0.243 e. The molecule has 1 aromatic carbocycles. The fourth-order valence-corrected chi connectivity index (χ4v) is 4.52. The van der Waals surface area contributed by atoms with E-state index in [0.29, 0.717) is 9.83 Å². The molecule has 1 aliphatic heterocycles. The van der Waals surface area contributed by atoms with Crippen LogP contribution < -0.4 is 5.32 Å². The molecule has 1 aliphatic rings. The molecule has 1 aromatic heterocycles. The van der Waals surface area contributed by atoms with Gasteiger partial charge in [-0.1, -0.05) is 37.0 Å². The monoisotopic (exact) mass is 410 g/mol. The van der Waals surface area contributed by atoms with Crippen molar-refractivity contribution in [1.82, 2.24) is 14.8 Å². The lowest BCUT2D eigenvalue weighted by Gasteiger charge is -2.31. The van der Waals surface area contributed by atoms with Crippen LogP contribution in [0.2, 0.25) is 0 Å². The molecule has 1 amide bonds. The zero-order valence-electron chi connectivity index (χ0n) is 16.5. The number of halogens is 2. The Morgan fingerprint density at radius 2 is 2.00 bits per heavy atom. The molecule has 1 unspecified atom stereocenters. The van der Waals surface area contributed by atoms with E-state index >= 15 is 0 Å². The van der Waals surface area contributed by atoms with Crippen molar-refractivity contribution in [3.05, 3.63) is 23.8 Å². The largest absolute Gasteiger partial charge is 0.308 e. The normalized spacial score (nSPS) is 19.4. The molecule has 1 saturated heterocycles.